The second-order valence-corrected chi connectivity index (χ2v) is 16.5. The number of aliphatic carboxylic acids is 2. The Kier molecular flexibility index (Phi) is 14.5. The minimum absolute atomic E-state index is 0.119. The summed E-state index contributed by atoms with van der Waals surface area (Å²) in [4.78, 5) is 48.5. The number of hydrogen-bond donors (Lipinski definition) is 6. The predicted octanol–water partition coefficient (Wildman–Crippen LogP) is 2.76. The summed E-state index contributed by atoms with van der Waals surface area (Å²) in [6, 6.07) is 3.25. The fraction of sp³-hybridized carbons (Fsp3) is 0.600. The average Bonchev–Trinajstić information content (AvgIpc) is 3.65. The van der Waals surface area contributed by atoms with Crippen molar-refractivity contribution < 1.29 is 48.3 Å². The van der Waals surface area contributed by atoms with Gasteiger partial charge < -0.3 is 61.1 Å². The van der Waals surface area contributed by atoms with Crippen LogP contribution in [-0.4, -0.2) is 137 Å². The zero-order valence-electron chi connectivity index (χ0n) is 32.9. The Balaban J connectivity index is 0.000000172. The number of ether oxygens (including phenoxy) is 4. The number of anilines is 2. The van der Waals surface area contributed by atoms with E-state index in [1.54, 1.807) is 26.4 Å². The van der Waals surface area contributed by atoms with Gasteiger partial charge in [-0.1, -0.05) is 23.2 Å². The minimum Gasteiger partial charge on any atom is -0.492 e. The van der Waals surface area contributed by atoms with E-state index < -0.39 is 11.9 Å². The highest BCUT2D eigenvalue weighted by Gasteiger charge is 2.56. The van der Waals surface area contributed by atoms with Gasteiger partial charge in [0.25, 0.3) is 11.8 Å². The van der Waals surface area contributed by atoms with Crippen molar-refractivity contribution in [3.8, 4) is 11.5 Å². The highest BCUT2D eigenvalue weighted by atomic mass is 35.5. The summed E-state index contributed by atoms with van der Waals surface area (Å²) >= 11 is 12.4. The number of halogens is 2. The van der Waals surface area contributed by atoms with Gasteiger partial charge in [-0.05, 0) is 60.5 Å². The number of methoxy groups -OCH3 is 2. The maximum atomic E-state index is 12.6. The second kappa shape index (κ2) is 19.3. The molecule has 318 valence electrons. The third kappa shape index (κ3) is 10.0. The van der Waals surface area contributed by atoms with Crippen LogP contribution in [0.15, 0.2) is 12.1 Å². The molecule has 4 atom stereocenters. The SMILES string of the molecule is COCCCN1CC2C(CNC(=O)c3cc(Cl)c(N)c4c3OCC4)C2C1.COCCCN1CC2C(CNC(=O)c3cc(Cl)c(N)c4c3OCC4)C2C1.O=C(O)C(=O)O. The lowest BCUT2D eigenvalue weighted by Crippen LogP contribution is -2.31. The van der Waals surface area contributed by atoms with Crippen LogP contribution < -0.4 is 31.6 Å². The van der Waals surface area contributed by atoms with E-state index in [4.69, 9.17) is 73.4 Å². The molecule has 8 N–H and O–H groups in total. The predicted molar refractivity (Wildman–Crippen MR) is 217 cm³/mol. The van der Waals surface area contributed by atoms with Gasteiger partial charge in [0.15, 0.2) is 0 Å². The molecule has 2 saturated heterocycles. The Bertz CT molecular complexity index is 1710. The summed E-state index contributed by atoms with van der Waals surface area (Å²) in [5, 5.41) is 21.8. The molecule has 4 heterocycles. The highest BCUT2D eigenvalue weighted by molar-refractivity contribution is 6.34. The molecule has 0 aromatic heterocycles. The van der Waals surface area contributed by atoms with Crippen molar-refractivity contribution in [1.82, 2.24) is 20.4 Å². The number of benzene rings is 2. The van der Waals surface area contributed by atoms with Gasteiger partial charge in [-0.3, -0.25) is 9.59 Å². The zero-order valence-corrected chi connectivity index (χ0v) is 34.4. The number of carbonyl (C=O) groups is 4. The summed E-state index contributed by atoms with van der Waals surface area (Å²) in [5.41, 5.74) is 15.8. The zero-order chi connectivity index (χ0) is 41.7. The molecule has 2 amide bonds. The smallest absolute Gasteiger partial charge is 0.414 e. The van der Waals surface area contributed by atoms with Gasteiger partial charge in [0, 0.05) is 104 Å². The summed E-state index contributed by atoms with van der Waals surface area (Å²) in [6.07, 6.45) is 3.57. The van der Waals surface area contributed by atoms with E-state index >= 15 is 0 Å². The lowest BCUT2D eigenvalue weighted by molar-refractivity contribution is -0.159. The van der Waals surface area contributed by atoms with Crippen LogP contribution in [0.5, 0.6) is 11.5 Å². The number of nitrogen functional groups attached to an aromatic ring is 2. The number of nitrogens with one attached hydrogen (secondary N) is 2. The number of piperidine rings is 2. The molecule has 4 fully saturated rings. The first-order valence-corrected chi connectivity index (χ1v) is 20.5. The number of rotatable bonds is 14. The van der Waals surface area contributed by atoms with E-state index in [9.17, 15) is 9.59 Å². The number of nitrogens with zero attached hydrogens (tertiary/aromatic N) is 2. The summed E-state index contributed by atoms with van der Waals surface area (Å²) in [5.74, 6) is 1.37. The molecule has 58 heavy (non-hydrogen) atoms. The van der Waals surface area contributed by atoms with Crippen molar-refractivity contribution in [3.05, 3.63) is 44.4 Å². The van der Waals surface area contributed by atoms with Gasteiger partial charge >= 0.3 is 11.9 Å². The third-order valence-electron chi connectivity index (χ3n) is 12.1. The molecule has 2 aliphatic carbocycles. The molecule has 0 radical (unpaired) electrons. The van der Waals surface area contributed by atoms with Crippen molar-refractivity contribution >= 4 is 58.3 Å². The molecule has 16 nitrogen and oxygen atoms in total. The Labute approximate surface area is 347 Å². The molecule has 6 aliphatic rings. The quantitative estimate of drug-likeness (QED) is 0.0914. The number of hydrogen-bond acceptors (Lipinski definition) is 12. The van der Waals surface area contributed by atoms with E-state index in [1.807, 2.05) is 0 Å². The molecular formula is C40H54Cl2N6O10. The van der Waals surface area contributed by atoms with Gasteiger partial charge in [-0.15, -0.1) is 0 Å². The maximum Gasteiger partial charge on any atom is 0.414 e. The van der Waals surface area contributed by atoms with E-state index in [0.717, 1.165) is 113 Å². The van der Waals surface area contributed by atoms with Crippen LogP contribution in [0.4, 0.5) is 11.4 Å². The third-order valence-corrected chi connectivity index (χ3v) is 12.8. The highest BCUT2D eigenvalue weighted by Crippen LogP contribution is 2.52. The van der Waals surface area contributed by atoms with Crippen LogP contribution >= 0.6 is 23.2 Å². The molecule has 2 aromatic carbocycles. The van der Waals surface area contributed by atoms with E-state index in [1.165, 1.54) is 0 Å². The molecular weight excluding hydrogens is 795 g/mol. The van der Waals surface area contributed by atoms with Crippen molar-refractivity contribution in [2.75, 3.05) is 104 Å². The lowest BCUT2D eigenvalue weighted by atomic mass is 10.1. The van der Waals surface area contributed by atoms with Gasteiger partial charge in [-0.2, -0.15) is 0 Å². The van der Waals surface area contributed by atoms with Crippen molar-refractivity contribution in [2.24, 2.45) is 35.5 Å². The first-order valence-electron chi connectivity index (χ1n) is 19.8. The minimum atomic E-state index is -1.82. The Morgan fingerprint density at radius 2 is 1.07 bits per heavy atom. The molecule has 4 aliphatic heterocycles. The summed E-state index contributed by atoms with van der Waals surface area (Å²) in [7, 11) is 3.49. The molecule has 0 bridgehead atoms. The fourth-order valence-corrected chi connectivity index (χ4v) is 9.44. The van der Waals surface area contributed by atoms with E-state index in [-0.39, 0.29) is 11.8 Å². The Hall–Kier alpha value is -4.06. The molecule has 2 saturated carbocycles. The number of amides is 2. The monoisotopic (exact) mass is 848 g/mol. The molecule has 4 unspecified atom stereocenters. The lowest BCUT2D eigenvalue weighted by Gasteiger charge is -2.19. The fourth-order valence-electron chi connectivity index (χ4n) is 8.99. The molecule has 18 heteroatoms. The van der Waals surface area contributed by atoms with E-state index in [0.29, 0.717) is 81.9 Å². The van der Waals surface area contributed by atoms with Crippen LogP contribution in [-0.2, 0) is 31.9 Å². The number of carboxylic acids is 2. The van der Waals surface area contributed by atoms with Crippen LogP contribution in [0.1, 0.15) is 44.7 Å². The summed E-state index contributed by atoms with van der Waals surface area (Å²) in [6.45, 7) is 10.9. The van der Waals surface area contributed by atoms with Gasteiger partial charge in [0.2, 0.25) is 0 Å². The van der Waals surface area contributed by atoms with Crippen LogP contribution in [0.2, 0.25) is 10.0 Å². The standard InChI is InChI=1S/2C19H26ClN3O3.C2H2O4/c2*1-25-5-2-4-23-9-14-13(15(14)10-23)8-22-19(24)12-7-16(20)17(21)11-3-6-26-18(11)12;3-1(4)2(5)6/h2*7,13-15H,2-6,8-10,21H2,1H3,(H,22,24);(H,3,4)(H,5,6). The van der Waals surface area contributed by atoms with Crippen molar-refractivity contribution in [1.29, 1.82) is 0 Å². The van der Waals surface area contributed by atoms with Gasteiger partial charge in [0.05, 0.1) is 45.8 Å². The normalized spacial score (nSPS) is 24.3. The van der Waals surface area contributed by atoms with Crippen LogP contribution in [0.25, 0.3) is 0 Å². The first kappa shape index (κ1) is 43.5. The number of likely N-dealkylation sites (tertiary alicyclic amines) is 2. The van der Waals surface area contributed by atoms with Crippen molar-refractivity contribution in [2.45, 2.75) is 25.7 Å². The summed E-state index contributed by atoms with van der Waals surface area (Å²) < 4.78 is 21.5. The first-order chi connectivity index (χ1) is 27.8. The van der Waals surface area contributed by atoms with Gasteiger partial charge in [-0.25, -0.2) is 9.59 Å². The maximum absolute atomic E-state index is 12.6. The van der Waals surface area contributed by atoms with Crippen LogP contribution in [0, 0.1) is 35.5 Å². The number of carboxylic acid groups (broad SMARTS) is 2. The molecule has 2 aromatic rings. The molecule has 0 spiro atoms. The van der Waals surface area contributed by atoms with Crippen molar-refractivity contribution in [3.63, 3.8) is 0 Å². The topological polar surface area (TPSA) is 228 Å². The van der Waals surface area contributed by atoms with E-state index in [2.05, 4.69) is 20.4 Å². The number of nitrogens with two attached hydrogens (primary N) is 2. The van der Waals surface area contributed by atoms with Gasteiger partial charge in [0.1, 0.15) is 11.5 Å². The molecule has 8 rings (SSSR count). The average molecular weight is 850 g/mol. The number of carbonyl (C=O) groups excluding carboxylic acids is 2. The Morgan fingerprint density at radius 3 is 1.40 bits per heavy atom. The largest absolute Gasteiger partial charge is 0.492 e. The second-order valence-electron chi connectivity index (χ2n) is 15.7. The Morgan fingerprint density at radius 1 is 0.707 bits per heavy atom. The number of fused-ring (bicyclic) bond motifs is 4. The van der Waals surface area contributed by atoms with Crippen LogP contribution in [0.3, 0.4) is 0 Å².